The normalized spacial score (nSPS) is 17.8. The highest BCUT2D eigenvalue weighted by atomic mass is 28.4. The fourth-order valence-corrected chi connectivity index (χ4v) is 5.13. The number of nitrogens with two attached hydrogens (primary N) is 1. The Morgan fingerprint density at radius 2 is 1.69 bits per heavy atom. The van der Waals surface area contributed by atoms with Crippen LogP contribution in [-0.2, 0) is 14.0 Å². The van der Waals surface area contributed by atoms with Gasteiger partial charge in [-0.05, 0) is 61.2 Å². The van der Waals surface area contributed by atoms with Crippen LogP contribution in [0.4, 0.5) is 0 Å². The SMILES string of the molecule is CC[C@H](C)[C@H](N)C(=O)NC1=CN[C](C(C)C)C=C1C(=O)CC[C@H](CCC(C)C)O[Si](C)(C)C(C)(C)C. The quantitative estimate of drug-likeness (QED) is 0.237. The number of rotatable bonds is 14. The largest absolute Gasteiger partial charge is 0.414 e. The molecule has 3 atom stereocenters. The molecule has 0 aromatic rings. The van der Waals surface area contributed by atoms with Gasteiger partial charge in [-0.15, -0.1) is 0 Å². The average molecular weight is 521 g/mol. The zero-order chi connectivity index (χ0) is 27.8. The van der Waals surface area contributed by atoms with Crippen LogP contribution in [0.25, 0.3) is 0 Å². The van der Waals surface area contributed by atoms with Crippen LogP contribution in [0.15, 0.2) is 23.5 Å². The molecule has 0 unspecified atom stereocenters. The number of hydrogen-bond donors (Lipinski definition) is 3. The van der Waals surface area contributed by atoms with Crippen molar-refractivity contribution in [2.24, 2.45) is 23.5 Å². The second kappa shape index (κ2) is 13.9. The first-order valence-corrected chi connectivity index (χ1v) is 16.7. The van der Waals surface area contributed by atoms with E-state index in [9.17, 15) is 9.59 Å². The van der Waals surface area contributed by atoms with Crippen molar-refractivity contribution in [3.05, 3.63) is 29.6 Å². The Balaban J connectivity index is 3.06. The average Bonchev–Trinajstić information content (AvgIpc) is 2.78. The fourth-order valence-electron chi connectivity index (χ4n) is 3.71. The maximum absolute atomic E-state index is 13.5. The summed E-state index contributed by atoms with van der Waals surface area (Å²) >= 11 is 0. The minimum atomic E-state index is -1.96. The van der Waals surface area contributed by atoms with E-state index in [2.05, 4.69) is 72.2 Å². The first-order chi connectivity index (χ1) is 16.5. The van der Waals surface area contributed by atoms with E-state index in [-0.39, 0.29) is 34.7 Å². The van der Waals surface area contributed by atoms with Crippen molar-refractivity contribution in [2.45, 2.75) is 125 Å². The van der Waals surface area contributed by atoms with Crippen LogP contribution in [0, 0.1) is 23.8 Å². The Morgan fingerprint density at radius 3 is 2.19 bits per heavy atom. The lowest BCUT2D eigenvalue weighted by atomic mass is 9.92. The molecule has 36 heavy (non-hydrogen) atoms. The number of Topliss-reactive ketones (excluding diaryl/α,β-unsaturated/α-hetero) is 1. The number of ketones is 1. The number of dihydropyridines is 1. The molecule has 0 saturated carbocycles. The zero-order valence-electron chi connectivity index (χ0n) is 24.9. The molecule has 7 heteroatoms. The van der Waals surface area contributed by atoms with Crippen molar-refractivity contribution >= 4 is 20.0 Å². The Hall–Kier alpha value is -1.44. The molecule has 1 aliphatic rings. The summed E-state index contributed by atoms with van der Waals surface area (Å²) in [7, 11) is -1.96. The molecular weight excluding hydrogens is 466 g/mol. The molecule has 1 rings (SSSR count). The van der Waals surface area contributed by atoms with E-state index in [1.807, 2.05) is 19.9 Å². The summed E-state index contributed by atoms with van der Waals surface area (Å²) in [6, 6.07) is 0.331. The summed E-state index contributed by atoms with van der Waals surface area (Å²) in [5.41, 5.74) is 7.19. The molecule has 1 radical (unpaired) electrons. The Kier molecular flexibility index (Phi) is 12.6. The third-order valence-corrected chi connectivity index (χ3v) is 12.3. The molecule has 0 bridgehead atoms. The van der Waals surface area contributed by atoms with Gasteiger partial charge in [0.25, 0.3) is 0 Å². The molecule has 0 fully saturated rings. The van der Waals surface area contributed by atoms with Crippen LogP contribution in [0.3, 0.4) is 0 Å². The van der Waals surface area contributed by atoms with Gasteiger partial charge in [0.05, 0.1) is 17.8 Å². The van der Waals surface area contributed by atoms with E-state index >= 15 is 0 Å². The highest BCUT2D eigenvalue weighted by Gasteiger charge is 2.39. The highest BCUT2D eigenvalue weighted by molar-refractivity contribution is 6.74. The van der Waals surface area contributed by atoms with Gasteiger partial charge in [0.1, 0.15) is 0 Å². The van der Waals surface area contributed by atoms with E-state index in [1.54, 1.807) is 6.20 Å². The molecule has 0 aromatic carbocycles. The lowest BCUT2D eigenvalue weighted by molar-refractivity contribution is -0.122. The van der Waals surface area contributed by atoms with Crippen LogP contribution in [0.5, 0.6) is 0 Å². The van der Waals surface area contributed by atoms with Crippen molar-refractivity contribution in [3.63, 3.8) is 0 Å². The molecule has 207 valence electrons. The third kappa shape index (κ3) is 9.79. The lowest BCUT2D eigenvalue weighted by Crippen LogP contribution is -2.45. The van der Waals surface area contributed by atoms with Crippen molar-refractivity contribution in [1.82, 2.24) is 10.6 Å². The maximum Gasteiger partial charge on any atom is 0.241 e. The molecule has 1 amide bonds. The van der Waals surface area contributed by atoms with Crippen molar-refractivity contribution < 1.29 is 14.0 Å². The first kappa shape index (κ1) is 32.6. The number of amides is 1. The van der Waals surface area contributed by atoms with E-state index in [4.69, 9.17) is 10.2 Å². The topological polar surface area (TPSA) is 93.5 Å². The molecular formula is C29H54N3O3Si. The van der Waals surface area contributed by atoms with E-state index < -0.39 is 14.4 Å². The number of carbonyl (C=O) groups excluding carboxylic acids is 2. The van der Waals surface area contributed by atoms with Gasteiger partial charge >= 0.3 is 0 Å². The van der Waals surface area contributed by atoms with Gasteiger partial charge in [-0.2, -0.15) is 0 Å². The zero-order valence-corrected chi connectivity index (χ0v) is 25.9. The monoisotopic (exact) mass is 520 g/mol. The first-order valence-electron chi connectivity index (χ1n) is 13.8. The van der Waals surface area contributed by atoms with Gasteiger partial charge in [0.2, 0.25) is 5.91 Å². The summed E-state index contributed by atoms with van der Waals surface area (Å²) < 4.78 is 6.76. The van der Waals surface area contributed by atoms with E-state index in [0.29, 0.717) is 30.0 Å². The van der Waals surface area contributed by atoms with Gasteiger partial charge < -0.3 is 20.8 Å². The smallest absolute Gasteiger partial charge is 0.241 e. The summed E-state index contributed by atoms with van der Waals surface area (Å²) in [5, 5.41) is 6.27. The maximum atomic E-state index is 13.5. The molecule has 0 aromatic heterocycles. The van der Waals surface area contributed by atoms with Gasteiger partial charge in [-0.25, -0.2) is 0 Å². The van der Waals surface area contributed by atoms with Crippen molar-refractivity contribution in [1.29, 1.82) is 0 Å². The summed E-state index contributed by atoms with van der Waals surface area (Å²) in [6.07, 6.45) is 7.54. The standard InChI is InChI=1S/C29H54N3O3Si/c1-12-21(6)27(30)28(34)32-25-18-31-24(20(4)5)17-23(25)26(33)16-15-22(14-13-19(2)3)35-36(10,11)29(7,8)9/h17-22,27,31H,12-16,30H2,1-11H3,(H,32,34)/t21-,22-,27-/m0/s1. The van der Waals surface area contributed by atoms with Crippen LogP contribution < -0.4 is 16.4 Å². The molecule has 6 nitrogen and oxygen atoms in total. The van der Waals surface area contributed by atoms with Crippen LogP contribution >= 0.6 is 0 Å². The predicted molar refractivity (Wildman–Crippen MR) is 153 cm³/mol. The number of nitrogens with one attached hydrogen (secondary N) is 2. The van der Waals surface area contributed by atoms with Crippen LogP contribution in [0.2, 0.25) is 18.1 Å². The fraction of sp³-hybridized carbons (Fsp3) is 0.759. The van der Waals surface area contributed by atoms with Crippen LogP contribution in [-0.4, -0.2) is 32.2 Å². The van der Waals surface area contributed by atoms with Crippen LogP contribution in [0.1, 0.15) is 94.4 Å². The van der Waals surface area contributed by atoms with Crippen molar-refractivity contribution in [2.75, 3.05) is 0 Å². The van der Waals surface area contributed by atoms with Gasteiger partial charge in [0, 0.05) is 24.3 Å². The molecule has 0 spiro atoms. The molecule has 1 heterocycles. The summed E-state index contributed by atoms with van der Waals surface area (Å²) in [6.45, 7) is 23.9. The second-order valence-electron chi connectivity index (χ2n) is 12.7. The van der Waals surface area contributed by atoms with Gasteiger partial charge in [0.15, 0.2) is 14.1 Å². The highest BCUT2D eigenvalue weighted by Crippen LogP contribution is 2.38. The van der Waals surface area contributed by atoms with Gasteiger partial charge in [-0.1, -0.05) is 68.7 Å². The minimum Gasteiger partial charge on any atom is -0.414 e. The van der Waals surface area contributed by atoms with Gasteiger partial charge in [-0.3, -0.25) is 9.59 Å². The third-order valence-electron chi connectivity index (χ3n) is 7.74. The Morgan fingerprint density at radius 1 is 1.08 bits per heavy atom. The number of carbonyl (C=O) groups is 2. The number of allylic oxidation sites excluding steroid dienone is 1. The molecule has 0 aliphatic carbocycles. The Bertz CT molecular complexity index is 796. The summed E-state index contributed by atoms with van der Waals surface area (Å²) in [5.74, 6) is 0.620. The van der Waals surface area contributed by atoms with E-state index in [1.165, 1.54) is 0 Å². The number of hydrogen-bond acceptors (Lipinski definition) is 5. The minimum absolute atomic E-state index is 0.0201. The van der Waals surface area contributed by atoms with E-state index in [0.717, 1.165) is 25.3 Å². The predicted octanol–water partition coefficient (Wildman–Crippen LogP) is 6.21. The molecule has 1 aliphatic heterocycles. The molecule has 0 saturated heterocycles. The Labute approximate surface area is 222 Å². The lowest BCUT2D eigenvalue weighted by Gasteiger charge is -2.39. The summed E-state index contributed by atoms with van der Waals surface area (Å²) in [4.78, 5) is 26.3. The molecule has 4 N–H and O–H groups in total. The van der Waals surface area contributed by atoms with Crippen molar-refractivity contribution in [3.8, 4) is 0 Å². The second-order valence-corrected chi connectivity index (χ2v) is 17.5.